The molecule has 0 fully saturated rings. The summed E-state index contributed by atoms with van der Waals surface area (Å²) >= 11 is 4.64. The van der Waals surface area contributed by atoms with E-state index in [9.17, 15) is 13.2 Å². The summed E-state index contributed by atoms with van der Waals surface area (Å²) in [5.74, 6) is -0.109. The quantitative estimate of drug-likeness (QED) is 0.426. The molecule has 0 aromatic heterocycles. The van der Waals surface area contributed by atoms with E-state index in [0.29, 0.717) is 6.54 Å². The molecule has 9 heteroatoms. The second-order valence-electron chi connectivity index (χ2n) is 2.89. The largest absolute Gasteiger partial charge is 0.397 e. The number of alkyl halides is 1. The summed E-state index contributed by atoms with van der Waals surface area (Å²) in [6, 6.07) is 0. The van der Waals surface area contributed by atoms with Gasteiger partial charge in [0.2, 0.25) is 5.91 Å². The lowest BCUT2D eigenvalue weighted by atomic mass is 10.5. The maximum Gasteiger partial charge on any atom is 0.397 e. The summed E-state index contributed by atoms with van der Waals surface area (Å²) in [5.41, 5.74) is 0. The highest BCUT2D eigenvalue weighted by Gasteiger charge is 1.94. The average Bonchev–Trinajstić information content (AvgIpc) is 2.31. The van der Waals surface area contributed by atoms with Crippen LogP contribution in [-0.4, -0.2) is 64.5 Å². The van der Waals surface area contributed by atoms with E-state index in [1.807, 2.05) is 19.0 Å². The van der Waals surface area contributed by atoms with Gasteiger partial charge in [0.25, 0.3) is 0 Å². The van der Waals surface area contributed by atoms with Gasteiger partial charge < -0.3 is 10.2 Å². The Balaban J connectivity index is -0.000000241. The van der Waals surface area contributed by atoms with E-state index >= 15 is 0 Å². The Bertz CT molecular complexity index is 306. The zero-order chi connectivity index (χ0) is 15.2. The van der Waals surface area contributed by atoms with E-state index in [2.05, 4.69) is 27.7 Å². The Morgan fingerprint density at radius 2 is 1.89 bits per heavy atom. The van der Waals surface area contributed by atoms with Gasteiger partial charge in [0, 0.05) is 19.5 Å². The molecule has 0 aliphatic rings. The molecule has 0 radical (unpaired) electrons. The number of likely N-dealkylation sites (N-methyl/N-ethyl adjacent to an activating group) is 1. The molecule has 0 unspecified atom stereocenters. The molecule has 7 nitrogen and oxygen atoms in total. The van der Waals surface area contributed by atoms with Crippen LogP contribution in [0.4, 0.5) is 0 Å². The smallest absolute Gasteiger partial charge is 0.351 e. The zero-order valence-corrected chi connectivity index (χ0v) is 12.6. The van der Waals surface area contributed by atoms with Crippen LogP contribution in [0.3, 0.4) is 0 Å². The van der Waals surface area contributed by atoms with Gasteiger partial charge in [-0.1, -0.05) is 6.58 Å². The Hall–Kier alpha value is -0.670. The van der Waals surface area contributed by atoms with Gasteiger partial charge in [0.05, 0.1) is 7.11 Å². The predicted octanol–water partition coefficient (Wildman–Crippen LogP) is 0.141. The van der Waals surface area contributed by atoms with Crippen molar-refractivity contribution in [2.24, 2.45) is 0 Å². The monoisotopic (exact) mass is 304 g/mol. The molecular weight excluding hydrogens is 284 g/mol. The van der Waals surface area contributed by atoms with Gasteiger partial charge in [-0.2, -0.15) is 8.42 Å². The molecule has 0 aliphatic carbocycles. The molecule has 0 heterocycles. The van der Waals surface area contributed by atoms with E-state index in [4.69, 9.17) is 4.55 Å². The number of rotatable bonds is 5. The van der Waals surface area contributed by atoms with Crippen molar-refractivity contribution in [1.82, 2.24) is 10.2 Å². The minimum absolute atomic E-state index is 0.109. The third kappa shape index (κ3) is 29.5. The van der Waals surface area contributed by atoms with Gasteiger partial charge in [-0.15, -0.1) is 11.6 Å². The van der Waals surface area contributed by atoms with Crippen molar-refractivity contribution in [2.75, 3.05) is 40.7 Å². The fraction of sp³-hybridized carbons (Fsp3) is 0.667. The van der Waals surface area contributed by atoms with Crippen LogP contribution in [0.2, 0.25) is 0 Å². The lowest BCUT2D eigenvalue weighted by Crippen LogP contribution is -2.29. The standard InChI is InChI=1S/C7H14N2O.CH3Cl.CH4O4S/c1-4-7(10)8-5-6-9(2)3;1-2;1-5-6(2,3)4/h4H,1,5-6H2,2-3H3,(H,8,10);1H3;1H3,(H,2,3,4). The Kier molecular flexibility index (Phi) is 18.0. The van der Waals surface area contributed by atoms with E-state index in [1.165, 1.54) is 12.5 Å². The van der Waals surface area contributed by atoms with Crippen molar-refractivity contribution < 1.29 is 21.9 Å². The van der Waals surface area contributed by atoms with E-state index in [-0.39, 0.29) is 5.91 Å². The highest BCUT2D eigenvalue weighted by Crippen LogP contribution is 1.75. The van der Waals surface area contributed by atoms with Crippen molar-refractivity contribution in [3.05, 3.63) is 12.7 Å². The fourth-order valence-electron chi connectivity index (χ4n) is 0.475. The minimum Gasteiger partial charge on any atom is -0.351 e. The van der Waals surface area contributed by atoms with Gasteiger partial charge in [-0.05, 0) is 20.2 Å². The van der Waals surface area contributed by atoms with Crippen molar-refractivity contribution in [2.45, 2.75) is 0 Å². The predicted molar refractivity (Wildman–Crippen MR) is 72.1 cm³/mol. The number of carbonyl (C=O) groups excluding carboxylic acids is 1. The summed E-state index contributed by atoms with van der Waals surface area (Å²) in [4.78, 5) is 12.5. The molecule has 110 valence electrons. The summed E-state index contributed by atoms with van der Waals surface area (Å²) < 4.78 is 29.7. The highest BCUT2D eigenvalue weighted by molar-refractivity contribution is 7.80. The summed E-state index contributed by atoms with van der Waals surface area (Å²) in [7, 11) is 0.625. The molecular formula is C9H21ClN2O5S. The first kappa shape index (κ1) is 22.5. The van der Waals surface area contributed by atoms with Gasteiger partial charge in [-0.25, -0.2) is 0 Å². The topological polar surface area (TPSA) is 95.9 Å². The van der Waals surface area contributed by atoms with Gasteiger partial charge in [-0.3, -0.25) is 13.5 Å². The first-order valence-electron chi connectivity index (χ1n) is 4.68. The third-order valence-corrected chi connectivity index (χ3v) is 1.68. The van der Waals surface area contributed by atoms with Crippen molar-refractivity contribution in [3.8, 4) is 0 Å². The van der Waals surface area contributed by atoms with Gasteiger partial charge in [0.15, 0.2) is 0 Å². The Labute approximate surface area is 114 Å². The van der Waals surface area contributed by atoms with Crippen LogP contribution in [0.25, 0.3) is 0 Å². The summed E-state index contributed by atoms with van der Waals surface area (Å²) in [5, 5.41) is 2.66. The first-order chi connectivity index (χ1) is 8.22. The molecule has 0 atom stereocenters. The molecule has 0 spiro atoms. The number of hydrogen-bond acceptors (Lipinski definition) is 5. The lowest BCUT2D eigenvalue weighted by molar-refractivity contribution is -0.116. The van der Waals surface area contributed by atoms with Crippen LogP contribution in [0, 0.1) is 0 Å². The van der Waals surface area contributed by atoms with Crippen LogP contribution >= 0.6 is 11.6 Å². The van der Waals surface area contributed by atoms with Crippen LogP contribution in [0.15, 0.2) is 12.7 Å². The average molecular weight is 305 g/mol. The fourth-order valence-corrected chi connectivity index (χ4v) is 0.475. The molecule has 0 aromatic carbocycles. The second kappa shape index (κ2) is 14.4. The van der Waals surface area contributed by atoms with Crippen LogP contribution in [0.5, 0.6) is 0 Å². The third-order valence-electron chi connectivity index (χ3n) is 1.25. The number of amides is 1. The molecule has 0 saturated carbocycles. The zero-order valence-electron chi connectivity index (χ0n) is 11.0. The number of halogens is 1. The van der Waals surface area contributed by atoms with Crippen LogP contribution < -0.4 is 5.32 Å². The van der Waals surface area contributed by atoms with E-state index in [1.54, 1.807) is 0 Å². The van der Waals surface area contributed by atoms with Crippen molar-refractivity contribution >= 4 is 27.9 Å². The maximum atomic E-state index is 10.5. The minimum atomic E-state index is -4.16. The molecule has 18 heavy (non-hydrogen) atoms. The summed E-state index contributed by atoms with van der Waals surface area (Å²) in [6.07, 6.45) is 2.75. The first-order valence-corrected chi connectivity index (χ1v) is 6.81. The number of hydrogen-bond donors (Lipinski definition) is 2. The molecule has 0 bridgehead atoms. The number of carbonyl (C=O) groups is 1. The molecule has 0 aliphatic heterocycles. The molecule has 0 saturated heterocycles. The number of nitrogens with one attached hydrogen (secondary N) is 1. The van der Waals surface area contributed by atoms with E-state index < -0.39 is 10.4 Å². The normalized spacial score (nSPS) is 9.50. The van der Waals surface area contributed by atoms with E-state index in [0.717, 1.165) is 13.7 Å². The molecule has 1 amide bonds. The summed E-state index contributed by atoms with van der Waals surface area (Å²) in [6.45, 7) is 4.87. The van der Waals surface area contributed by atoms with Gasteiger partial charge in [0.1, 0.15) is 0 Å². The maximum absolute atomic E-state index is 10.5. The van der Waals surface area contributed by atoms with Crippen LogP contribution in [-0.2, 0) is 19.4 Å². The Morgan fingerprint density at radius 3 is 2.11 bits per heavy atom. The lowest BCUT2D eigenvalue weighted by Gasteiger charge is -2.08. The van der Waals surface area contributed by atoms with Gasteiger partial charge >= 0.3 is 10.4 Å². The Morgan fingerprint density at radius 1 is 1.50 bits per heavy atom. The van der Waals surface area contributed by atoms with Crippen LogP contribution in [0.1, 0.15) is 0 Å². The molecule has 0 aromatic rings. The molecule has 2 N–H and O–H groups in total. The SMILES string of the molecule is C=CC(=O)NCCN(C)C.CCl.COS(=O)(=O)O. The van der Waals surface area contributed by atoms with Crippen molar-refractivity contribution in [3.63, 3.8) is 0 Å². The second-order valence-corrected chi connectivity index (χ2v) is 4.08. The number of nitrogens with zero attached hydrogens (tertiary/aromatic N) is 1. The highest BCUT2D eigenvalue weighted by atomic mass is 35.5. The van der Waals surface area contributed by atoms with Crippen molar-refractivity contribution in [1.29, 1.82) is 0 Å². The molecule has 0 rings (SSSR count).